The highest BCUT2D eigenvalue weighted by Crippen LogP contribution is 2.34. The van der Waals surface area contributed by atoms with E-state index in [1.807, 2.05) is 4.90 Å². The van der Waals surface area contributed by atoms with Crippen LogP contribution in [-0.4, -0.2) is 67.7 Å². The molecule has 4 aromatic rings. The molecule has 1 saturated heterocycles. The highest BCUT2D eigenvalue weighted by Gasteiger charge is 2.29. The largest absolute Gasteiger partial charge is 0.480 e. The molecule has 0 unspecified atom stereocenters. The van der Waals surface area contributed by atoms with Gasteiger partial charge in [-0.3, -0.25) is 4.72 Å². The number of pyridine rings is 1. The van der Waals surface area contributed by atoms with Crippen LogP contribution in [0.2, 0.25) is 5.28 Å². The van der Waals surface area contributed by atoms with E-state index in [9.17, 15) is 22.0 Å². The van der Waals surface area contributed by atoms with Crippen molar-refractivity contribution in [2.75, 3.05) is 42.9 Å². The van der Waals surface area contributed by atoms with Gasteiger partial charge in [0.2, 0.25) is 11.2 Å². The van der Waals surface area contributed by atoms with E-state index in [0.717, 1.165) is 12.1 Å². The number of rotatable bonds is 7. The van der Waals surface area contributed by atoms with Crippen LogP contribution in [0.4, 0.5) is 20.3 Å². The maximum Gasteiger partial charge on any atom is 0.330 e. The second-order valence-corrected chi connectivity index (χ2v) is 13.0. The van der Waals surface area contributed by atoms with Crippen molar-refractivity contribution >= 4 is 50.0 Å². The number of hydroxylamine groups is 2. The van der Waals surface area contributed by atoms with Crippen molar-refractivity contribution in [2.45, 2.75) is 25.7 Å². The molecule has 0 atom stereocenters. The predicted octanol–water partition coefficient (Wildman–Crippen LogP) is 5.06. The van der Waals surface area contributed by atoms with Crippen molar-refractivity contribution in [3.8, 4) is 17.0 Å². The number of nitrogens with zero attached hydrogens (tertiary/aromatic N) is 5. The molecule has 0 radical (unpaired) electrons. The van der Waals surface area contributed by atoms with Crippen LogP contribution in [0.3, 0.4) is 0 Å². The van der Waals surface area contributed by atoms with E-state index in [0.29, 0.717) is 60.1 Å². The number of nitrogens with one attached hydrogen (secondary N) is 1. The Bertz CT molecular complexity index is 1850. The van der Waals surface area contributed by atoms with Gasteiger partial charge in [-0.05, 0) is 68.3 Å². The number of carbonyl (C=O) groups is 1. The SMILES string of the molecule is COc1ncc(-c2ccc3nc(Cl)nc(N4CCN(OC(=O)C(C)(C)C)CC4)c3c2)cc1S(=O)(=O)Nc1ccc(F)cc1F. The molecule has 0 amide bonds. The minimum absolute atomic E-state index is 0.0560. The third-order valence-corrected chi connectivity index (χ3v) is 8.35. The Balaban J connectivity index is 1.46. The minimum Gasteiger partial charge on any atom is -0.480 e. The summed E-state index contributed by atoms with van der Waals surface area (Å²) in [7, 11) is -3.15. The second kappa shape index (κ2) is 12.1. The van der Waals surface area contributed by atoms with Crippen LogP contribution in [0.5, 0.6) is 5.88 Å². The number of hydrogen-bond acceptors (Lipinski definition) is 10. The fourth-order valence-electron chi connectivity index (χ4n) is 4.46. The van der Waals surface area contributed by atoms with Crippen molar-refractivity contribution in [1.29, 1.82) is 0 Å². The van der Waals surface area contributed by atoms with Gasteiger partial charge in [0.05, 0.1) is 36.8 Å². The topological polar surface area (TPSA) is 127 Å². The molecule has 1 N–H and O–H groups in total. The first-order chi connectivity index (χ1) is 20.7. The first kappa shape index (κ1) is 31.3. The number of fused-ring (bicyclic) bond motifs is 1. The van der Waals surface area contributed by atoms with Crippen LogP contribution in [0.15, 0.2) is 53.6 Å². The standard InChI is InChI=1S/C29H29ClF2N6O5S/c1-29(2,3)27(39)43-38-11-9-37(10-12-38)25-20-13-17(5-7-22(20)34-28(30)35-25)18-14-24(26(42-4)33-16-18)44(40,41)36-23-8-6-19(31)15-21(23)32/h5-8,13-16,36H,9-12H2,1-4H3. The molecular formula is C29H29ClF2N6O5S. The average molecular weight is 647 g/mol. The van der Waals surface area contributed by atoms with Crippen LogP contribution >= 0.6 is 11.6 Å². The maximum absolute atomic E-state index is 14.3. The number of methoxy groups -OCH3 is 1. The van der Waals surface area contributed by atoms with Gasteiger partial charge in [0, 0.05) is 36.3 Å². The van der Waals surface area contributed by atoms with Gasteiger partial charge in [0.1, 0.15) is 22.3 Å². The molecule has 2 aromatic carbocycles. The van der Waals surface area contributed by atoms with Crippen LogP contribution < -0.4 is 14.4 Å². The molecule has 0 aliphatic carbocycles. The highest BCUT2D eigenvalue weighted by molar-refractivity contribution is 7.92. The van der Waals surface area contributed by atoms with Crippen molar-refractivity contribution in [3.05, 3.63) is 65.6 Å². The molecule has 5 rings (SSSR count). The first-order valence-electron chi connectivity index (χ1n) is 13.5. The number of piperazine rings is 1. The molecule has 11 nitrogen and oxygen atoms in total. The number of carbonyl (C=O) groups excluding carboxylic acids is 1. The van der Waals surface area contributed by atoms with E-state index in [4.69, 9.17) is 21.2 Å². The number of ether oxygens (including phenoxy) is 1. The van der Waals surface area contributed by atoms with Crippen LogP contribution in [0.25, 0.3) is 22.0 Å². The predicted molar refractivity (Wildman–Crippen MR) is 161 cm³/mol. The lowest BCUT2D eigenvalue weighted by molar-refractivity contribution is -0.201. The van der Waals surface area contributed by atoms with E-state index in [-0.39, 0.29) is 22.0 Å². The lowest BCUT2D eigenvalue weighted by Gasteiger charge is -2.35. The summed E-state index contributed by atoms with van der Waals surface area (Å²) >= 11 is 6.26. The number of sulfonamides is 1. The Morgan fingerprint density at radius 1 is 1.00 bits per heavy atom. The lowest BCUT2D eigenvalue weighted by Crippen LogP contribution is -2.48. The van der Waals surface area contributed by atoms with Gasteiger partial charge in [-0.1, -0.05) is 6.07 Å². The molecule has 1 fully saturated rings. The average Bonchev–Trinajstić information content (AvgIpc) is 2.97. The summed E-state index contributed by atoms with van der Waals surface area (Å²) in [6.07, 6.45) is 1.44. The van der Waals surface area contributed by atoms with E-state index in [1.54, 1.807) is 44.0 Å². The summed E-state index contributed by atoms with van der Waals surface area (Å²) < 4.78 is 61.5. The molecule has 15 heteroatoms. The van der Waals surface area contributed by atoms with Crippen molar-refractivity contribution < 1.29 is 31.6 Å². The summed E-state index contributed by atoms with van der Waals surface area (Å²) in [6, 6.07) is 9.08. The van der Waals surface area contributed by atoms with Crippen molar-refractivity contribution in [3.63, 3.8) is 0 Å². The highest BCUT2D eigenvalue weighted by atomic mass is 35.5. The number of hydrogen-bond donors (Lipinski definition) is 1. The molecule has 2 aromatic heterocycles. The molecule has 232 valence electrons. The summed E-state index contributed by atoms with van der Waals surface area (Å²) in [6.45, 7) is 7.22. The van der Waals surface area contributed by atoms with E-state index < -0.39 is 32.8 Å². The third kappa shape index (κ3) is 6.66. The fraction of sp³-hybridized carbons (Fsp3) is 0.310. The Morgan fingerprint density at radius 2 is 1.73 bits per heavy atom. The Hall–Kier alpha value is -4.14. The molecule has 0 saturated carbocycles. The minimum atomic E-state index is -4.41. The Morgan fingerprint density at radius 3 is 2.39 bits per heavy atom. The monoisotopic (exact) mass is 646 g/mol. The number of benzene rings is 2. The zero-order valence-corrected chi connectivity index (χ0v) is 25.8. The first-order valence-corrected chi connectivity index (χ1v) is 15.3. The van der Waals surface area contributed by atoms with E-state index >= 15 is 0 Å². The zero-order valence-electron chi connectivity index (χ0n) is 24.3. The third-order valence-electron chi connectivity index (χ3n) is 6.82. The lowest BCUT2D eigenvalue weighted by atomic mass is 9.98. The fourth-order valence-corrected chi connectivity index (χ4v) is 5.84. The molecule has 44 heavy (non-hydrogen) atoms. The normalized spacial score (nSPS) is 14.5. The van der Waals surface area contributed by atoms with Gasteiger partial charge >= 0.3 is 5.97 Å². The summed E-state index contributed by atoms with van der Waals surface area (Å²) in [5, 5.41) is 2.33. The Labute approximate surface area is 257 Å². The van der Waals surface area contributed by atoms with Gasteiger partial charge < -0.3 is 14.5 Å². The molecule has 0 spiro atoms. The van der Waals surface area contributed by atoms with E-state index in [2.05, 4.69) is 19.7 Å². The van der Waals surface area contributed by atoms with Crippen LogP contribution in [0, 0.1) is 17.0 Å². The number of aromatic nitrogens is 3. The van der Waals surface area contributed by atoms with Gasteiger partial charge in [0.25, 0.3) is 10.0 Å². The Kier molecular flexibility index (Phi) is 8.60. The quantitative estimate of drug-likeness (QED) is 0.272. The molecule has 0 bridgehead atoms. The van der Waals surface area contributed by atoms with Crippen LogP contribution in [-0.2, 0) is 19.7 Å². The zero-order chi connectivity index (χ0) is 31.8. The summed E-state index contributed by atoms with van der Waals surface area (Å²) in [5.74, 6) is -1.90. The maximum atomic E-state index is 14.3. The smallest absolute Gasteiger partial charge is 0.330 e. The van der Waals surface area contributed by atoms with Gasteiger partial charge in [-0.25, -0.2) is 32.0 Å². The van der Waals surface area contributed by atoms with Crippen molar-refractivity contribution in [1.82, 2.24) is 20.0 Å². The van der Waals surface area contributed by atoms with Gasteiger partial charge in [0.15, 0.2) is 0 Å². The van der Waals surface area contributed by atoms with E-state index in [1.165, 1.54) is 19.4 Å². The van der Waals surface area contributed by atoms with Gasteiger partial charge in [-0.2, -0.15) is 4.98 Å². The van der Waals surface area contributed by atoms with Crippen LogP contribution in [0.1, 0.15) is 20.8 Å². The van der Waals surface area contributed by atoms with Gasteiger partial charge in [-0.15, -0.1) is 5.06 Å². The summed E-state index contributed by atoms with van der Waals surface area (Å²) in [5.41, 5.74) is 0.492. The number of anilines is 2. The molecule has 1 aliphatic heterocycles. The molecular weight excluding hydrogens is 618 g/mol. The molecule has 3 heterocycles. The summed E-state index contributed by atoms with van der Waals surface area (Å²) in [4.78, 5) is 32.5. The second-order valence-electron chi connectivity index (χ2n) is 11.1. The van der Waals surface area contributed by atoms with Crippen molar-refractivity contribution in [2.24, 2.45) is 5.41 Å². The number of halogens is 3. The molecule has 1 aliphatic rings.